The maximum atomic E-state index is 6.34. The highest BCUT2D eigenvalue weighted by atomic mass is 35.5. The second-order valence-electron chi connectivity index (χ2n) is 7.51. The molecule has 6 nitrogen and oxygen atoms in total. The quantitative estimate of drug-likeness (QED) is 0.504. The third-order valence-corrected chi connectivity index (χ3v) is 6.66. The zero-order chi connectivity index (χ0) is 20.3. The van der Waals surface area contributed by atoms with Crippen molar-refractivity contribution < 1.29 is 9.47 Å². The van der Waals surface area contributed by atoms with Crippen LogP contribution in [-0.4, -0.2) is 39.5 Å². The maximum absolute atomic E-state index is 6.34. The minimum Gasteiger partial charge on any atom is -0.454 e. The number of likely N-dealkylation sites (tertiary alicyclic amines) is 1. The zero-order valence-electron chi connectivity index (χ0n) is 16.6. The first-order valence-electron chi connectivity index (χ1n) is 10.2. The number of piperidine rings is 1. The number of rotatable bonds is 6. The van der Waals surface area contributed by atoms with Crippen molar-refractivity contribution in [2.24, 2.45) is 0 Å². The van der Waals surface area contributed by atoms with Crippen LogP contribution < -0.4 is 9.47 Å². The van der Waals surface area contributed by atoms with E-state index in [1.165, 1.54) is 19.3 Å². The van der Waals surface area contributed by atoms with Crippen molar-refractivity contribution in [3.8, 4) is 17.2 Å². The van der Waals surface area contributed by atoms with E-state index in [0.717, 1.165) is 41.9 Å². The number of fused-ring (bicyclic) bond motifs is 1. The molecule has 2 aromatic carbocycles. The fourth-order valence-electron chi connectivity index (χ4n) is 3.90. The lowest BCUT2D eigenvalue weighted by Crippen LogP contribution is -2.30. The van der Waals surface area contributed by atoms with Gasteiger partial charge in [-0.15, -0.1) is 10.2 Å². The molecule has 2 aliphatic heterocycles. The van der Waals surface area contributed by atoms with Crippen molar-refractivity contribution >= 4 is 23.4 Å². The fraction of sp³-hybridized carbons (Fsp3) is 0.364. The molecule has 0 spiro atoms. The molecular formula is C22H23ClN4O2S. The van der Waals surface area contributed by atoms with Crippen LogP contribution in [0, 0.1) is 0 Å². The van der Waals surface area contributed by atoms with Gasteiger partial charge in [0.1, 0.15) is 0 Å². The van der Waals surface area contributed by atoms with Gasteiger partial charge >= 0.3 is 0 Å². The topological polar surface area (TPSA) is 52.4 Å². The Kier molecular flexibility index (Phi) is 5.84. The normalized spacial score (nSPS) is 16.2. The molecule has 0 bridgehead atoms. The lowest BCUT2D eigenvalue weighted by Gasteiger charge is -2.26. The van der Waals surface area contributed by atoms with Crippen LogP contribution in [-0.2, 0) is 12.3 Å². The first-order valence-corrected chi connectivity index (χ1v) is 11.6. The Balaban J connectivity index is 1.40. The molecule has 0 radical (unpaired) electrons. The zero-order valence-corrected chi connectivity index (χ0v) is 18.2. The van der Waals surface area contributed by atoms with Crippen LogP contribution in [0.15, 0.2) is 47.6 Å². The summed E-state index contributed by atoms with van der Waals surface area (Å²) < 4.78 is 13.1. The van der Waals surface area contributed by atoms with Crippen LogP contribution in [0.3, 0.4) is 0 Å². The number of hydrogen-bond acceptors (Lipinski definition) is 6. The summed E-state index contributed by atoms with van der Waals surface area (Å²) in [7, 11) is 0. The summed E-state index contributed by atoms with van der Waals surface area (Å²) in [5.74, 6) is 3.02. The molecule has 8 heteroatoms. The van der Waals surface area contributed by atoms with Crippen molar-refractivity contribution in [2.45, 2.75) is 36.7 Å². The van der Waals surface area contributed by atoms with E-state index in [0.29, 0.717) is 22.3 Å². The molecule has 1 saturated heterocycles. The SMILES string of the molecule is Clc1cc(CSc2nnc(CN3CCCCC3)n2-c2ccccc2)cc2c1OCO2. The summed E-state index contributed by atoms with van der Waals surface area (Å²) in [5, 5.41) is 10.5. The number of aromatic nitrogens is 3. The molecule has 0 N–H and O–H groups in total. The van der Waals surface area contributed by atoms with Crippen molar-refractivity contribution in [1.29, 1.82) is 0 Å². The largest absolute Gasteiger partial charge is 0.454 e. The number of para-hydroxylation sites is 1. The summed E-state index contributed by atoms with van der Waals surface area (Å²) in [6.07, 6.45) is 3.83. The summed E-state index contributed by atoms with van der Waals surface area (Å²) in [6.45, 7) is 3.28. The minimum atomic E-state index is 0.216. The van der Waals surface area contributed by atoms with Gasteiger partial charge in [0.2, 0.25) is 6.79 Å². The van der Waals surface area contributed by atoms with Gasteiger partial charge in [0.05, 0.1) is 11.6 Å². The first kappa shape index (κ1) is 19.7. The van der Waals surface area contributed by atoms with E-state index in [1.54, 1.807) is 11.8 Å². The van der Waals surface area contributed by atoms with Crippen LogP contribution in [0.4, 0.5) is 0 Å². The van der Waals surface area contributed by atoms with Crippen LogP contribution >= 0.6 is 23.4 Å². The Morgan fingerprint density at radius 2 is 1.83 bits per heavy atom. The van der Waals surface area contributed by atoms with Gasteiger partial charge in [-0.3, -0.25) is 9.47 Å². The number of ether oxygens (including phenoxy) is 2. The Morgan fingerprint density at radius 1 is 1.00 bits per heavy atom. The molecule has 1 aromatic heterocycles. The molecule has 1 fully saturated rings. The summed E-state index contributed by atoms with van der Waals surface area (Å²) in [5.41, 5.74) is 2.15. The summed E-state index contributed by atoms with van der Waals surface area (Å²) in [6, 6.07) is 14.2. The van der Waals surface area contributed by atoms with E-state index in [4.69, 9.17) is 21.1 Å². The molecule has 5 rings (SSSR count). The lowest BCUT2D eigenvalue weighted by molar-refractivity contribution is 0.174. The molecule has 2 aliphatic rings. The van der Waals surface area contributed by atoms with Crippen LogP contribution in [0.5, 0.6) is 11.5 Å². The Bertz CT molecular complexity index is 1020. The maximum Gasteiger partial charge on any atom is 0.231 e. The van der Waals surface area contributed by atoms with E-state index in [-0.39, 0.29) is 6.79 Å². The van der Waals surface area contributed by atoms with Gasteiger partial charge in [0, 0.05) is 11.4 Å². The molecule has 0 aliphatic carbocycles. The van der Waals surface area contributed by atoms with E-state index >= 15 is 0 Å². The van der Waals surface area contributed by atoms with Crippen molar-refractivity contribution in [3.05, 3.63) is 58.9 Å². The number of hydrogen-bond donors (Lipinski definition) is 0. The molecule has 0 amide bonds. The van der Waals surface area contributed by atoms with Gasteiger partial charge in [-0.25, -0.2) is 0 Å². The molecule has 0 atom stereocenters. The number of thioether (sulfide) groups is 1. The molecular weight excluding hydrogens is 420 g/mol. The predicted octanol–water partition coefficient (Wildman–Crippen LogP) is 4.93. The van der Waals surface area contributed by atoms with Crippen molar-refractivity contribution in [3.63, 3.8) is 0 Å². The number of halogens is 1. The Labute approximate surface area is 185 Å². The Morgan fingerprint density at radius 3 is 2.67 bits per heavy atom. The molecule has 3 aromatic rings. The molecule has 0 unspecified atom stereocenters. The van der Waals surface area contributed by atoms with Gasteiger partial charge in [0.15, 0.2) is 22.5 Å². The molecule has 3 heterocycles. The average molecular weight is 443 g/mol. The highest BCUT2D eigenvalue weighted by Crippen LogP contribution is 2.41. The number of nitrogens with zero attached hydrogens (tertiary/aromatic N) is 4. The van der Waals surface area contributed by atoms with E-state index in [2.05, 4.69) is 31.8 Å². The van der Waals surface area contributed by atoms with E-state index < -0.39 is 0 Å². The highest BCUT2D eigenvalue weighted by molar-refractivity contribution is 7.98. The van der Waals surface area contributed by atoms with Crippen LogP contribution in [0.25, 0.3) is 5.69 Å². The average Bonchev–Trinajstić information content (AvgIpc) is 3.41. The second-order valence-corrected chi connectivity index (χ2v) is 8.86. The molecule has 0 saturated carbocycles. The van der Waals surface area contributed by atoms with Crippen LogP contribution in [0.2, 0.25) is 5.02 Å². The van der Waals surface area contributed by atoms with Gasteiger partial charge in [-0.05, 0) is 55.8 Å². The predicted molar refractivity (Wildman–Crippen MR) is 118 cm³/mol. The van der Waals surface area contributed by atoms with Gasteiger partial charge in [-0.2, -0.15) is 0 Å². The van der Waals surface area contributed by atoms with Crippen molar-refractivity contribution in [1.82, 2.24) is 19.7 Å². The van der Waals surface area contributed by atoms with Crippen molar-refractivity contribution in [2.75, 3.05) is 19.9 Å². The first-order chi connectivity index (χ1) is 14.8. The third kappa shape index (κ3) is 4.15. The standard InChI is InChI=1S/C22H23ClN4O2S/c23-18-11-16(12-19-21(18)29-15-28-19)14-30-22-25-24-20(13-26-9-5-2-6-10-26)27(22)17-7-3-1-4-8-17/h1,3-4,7-8,11-12H,2,5-6,9-10,13-15H2. The minimum absolute atomic E-state index is 0.216. The third-order valence-electron chi connectivity index (χ3n) is 5.38. The summed E-state index contributed by atoms with van der Waals surface area (Å²) in [4.78, 5) is 2.47. The second kappa shape index (κ2) is 8.88. The van der Waals surface area contributed by atoms with Gasteiger partial charge in [0.25, 0.3) is 0 Å². The van der Waals surface area contributed by atoms with E-state index in [9.17, 15) is 0 Å². The lowest BCUT2D eigenvalue weighted by atomic mass is 10.1. The van der Waals surface area contributed by atoms with Crippen LogP contribution in [0.1, 0.15) is 30.7 Å². The highest BCUT2D eigenvalue weighted by Gasteiger charge is 2.21. The molecule has 156 valence electrons. The molecule has 30 heavy (non-hydrogen) atoms. The Hall–Kier alpha value is -2.22. The van der Waals surface area contributed by atoms with Gasteiger partial charge < -0.3 is 9.47 Å². The monoisotopic (exact) mass is 442 g/mol. The fourth-order valence-corrected chi connectivity index (χ4v) is 5.09. The van der Waals surface area contributed by atoms with Gasteiger partial charge in [-0.1, -0.05) is 48.0 Å². The number of benzene rings is 2. The van der Waals surface area contributed by atoms with E-state index in [1.807, 2.05) is 30.3 Å². The summed E-state index contributed by atoms with van der Waals surface area (Å²) >= 11 is 7.99. The smallest absolute Gasteiger partial charge is 0.231 e.